The quantitative estimate of drug-likeness (QED) is 0.469. The number of ether oxygens (including phenoxy) is 1. The molecule has 120 valence electrons. The van der Waals surface area contributed by atoms with Crippen molar-refractivity contribution in [1.82, 2.24) is 5.32 Å². The summed E-state index contributed by atoms with van der Waals surface area (Å²) in [7, 11) is 0. The molecular formula is C19H23N3O. The molecule has 2 rings (SSSR count). The lowest BCUT2D eigenvalue weighted by Gasteiger charge is -2.08. The standard InChI is InChI=1S/C19H23N3O/c1-15(2)12-21-19(20)22-13-17-9-6-10-18(11-17)23-14-16-7-4-3-5-8-16/h3-11H,1,12-14H2,2H3,(H3,20,21,22). The molecule has 0 radical (unpaired) electrons. The summed E-state index contributed by atoms with van der Waals surface area (Å²) in [5, 5.41) is 3.01. The minimum Gasteiger partial charge on any atom is -0.489 e. The Hall–Kier alpha value is -2.75. The third-order valence-corrected chi connectivity index (χ3v) is 3.15. The third-order valence-electron chi connectivity index (χ3n) is 3.15. The summed E-state index contributed by atoms with van der Waals surface area (Å²) >= 11 is 0. The van der Waals surface area contributed by atoms with Crippen LogP contribution in [0.3, 0.4) is 0 Å². The Bertz CT molecular complexity index is 665. The van der Waals surface area contributed by atoms with Gasteiger partial charge in [0.15, 0.2) is 5.96 Å². The van der Waals surface area contributed by atoms with Crippen molar-refractivity contribution < 1.29 is 4.74 Å². The van der Waals surface area contributed by atoms with Crippen LogP contribution in [0.2, 0.25) is 0 Å². The van der Waals surface area contributed by atoms with Crippen molar-refractivity contribution in [2.75, 3.05) is 6.54 Å². The van der Waals surface area contributed by atoms with E-state index >= 15 is 0 Å². The zero-order chi connectivity index (χ0) is 16.5. The molecule has 0 amide bonds. The van der Waals surface area contributed by atoms with Gasteiger partial charge >= 0.3 is 0 Å². The number of benzene rings is 2. The van der Waals surface area contributed by atoms with Crippen molar-refractivity contribution in [3.63, 3.8) is 0 Å². The van der Waals surface area contributed by atoms with E-state index < -0.39 is 0 Å². The maximum Gasteiger partial charge on any atom is 0.189 e. The lowest BCUT2D eigenvalue weighted by molar-refractivity contribution is 0.306. The summed E-state index contributed by atoms with van der Waals surface area (Å²) in [6.45, 7) is 7.45. The van der Waals surface area contributed by atoms with Gasteiger partial charge in [0.25, 0.3) is 0 Å². The average Bonchev–Trinajstić information content (AvgIpc) is 2.57. The highest BCUT2D eigenvalue weighted by Crippen LogP contribution is 2.15. The maximum atomic E-state index is 5.81. The SMILES string of the molecule is C=C(C)CNC(N)=NCc1cccc(OCc2ccccc2)c1. The fourth-order valence-electron chi connectivity index (χ4n) is 1.95. The molecule has 0 fully saturated rings. The Balaban J connectivity index is 1.89. The second-order valence-corrected chi connectivity index (χ2v) is 5.43. The van der Waals surface area contributed by atoms with E-state index in [1.54, 1.807) is 0 Å². The molecule has 2 aromatic carbocycles. The van der Waals surface area contributed by atoms with E-state index in [0.717, 1.165) is 22.4 Å². The molecule has 23 heavy (non-hydrogen) atoms. The summed E-state index contributed by atoms with van der Waals surface area (Å²) in [4.78, 5) is 4.31. The molecule has 0 heterocycles. The topological polar surface area (TPSA) is 59.6 Å². The second-order valence-electron chi connectivity index (χ2n) is 5.43. The summed E-state index contributed by atoms with van der Waals surface area (Å²) in [6.07, 6.45) is 0. The van der Waals surface area contributed by atoms with Gasteiger partial charge < -0.3 is 15.8 Å². The fraction of sp³-hybridized carbons (Fsp3) is 0.211. The highest BCUT2D eigenvalue weighted by atomic mass is 16.5. The van der Waals surface area contributed by atoms with Crippen LogP contribution >= 0.6 is 0 Å². The lowest BCUT2D eigenvalue weighted by atomic mass is 10.2. The Morgan fingerprint density at radius 1 is 1.13 bits per heavy atom. The molecule has 4 heteroatoms. The first-order chi connectivity index (χ1) is 11.1. The van der Waals surface area contributed by atoms with E-state index in [-0.39, 0.29) is 0 Å². The first kappa shape index (κ1) is 16.6. The van der Waals surface area contributed by atoms with Gasteiger partial charge in [-0.25, -0.2) is 4.99 Å². The monoisotopic (exact) mass is 309 g/mol. The van der Waals surface area contributed by atoms with Gasteiger partial charge in [-0.15, -0.1) is 0 Å². The van der Waals surface area contributed by atoms with Crippen molar-refractivity contribution in [2.45, 2.75) is 20.1 Å². The van der Waals surface area contributed by atoms with E-state index in [1.165, 1.54) is 0 Å². The van der Waals surface area contributed by atoms with Crippen molar-refractivity contribution in [3.05, 3.63) is 77.9 Å². The highest BCUT2D eigenvalue weighted by molar-refractivity contribution is 5.78. The molecular weight excluding hydrogens is 286 g/mol. The second kappa shape index (κ2) is 8.63. The molecule has 4 nitrogen and oxygen atoms in total. The van der Waals surface area contributed by atoms with Crippen molar-refractivity contribution in [1.29, 1.82) is 0 Å². The summed E-state index contributed by atoms with van der Waals surface area (Å²) in [5.41, 5.74) is 9.02. The Kier molecular flexibility index (Phi) is 6.24. The van der Waals surface area contributed by atoms with Gasteiger partial charge in [-0.1, -0.05) is 54.6 Å². The molecule has 2 aromatic rings. The van der Waals surface area contributed by atoms with E-state index in [9.17, 15) is 0 Å². The number of guanidine groups is 1. The van der Waals surface area contributed by atoms with Gasteiger partial charge in [0.1, 0.15) is 12.4 Å². The molecule has 0 aromatic heterocycles. The van der Waals surface area contributed by atoms with Crippen LogP contribution < -0.4 is 15.8 Å². The van der Waals surface area contributed by atoms with Crippen LogP contribution in [0.25, 0.3) is 0 Å². The largest absolute Gasteiger partial charge is 0.489 e. The Morgan fingerprint density at radius 3 is 2.61 bits per heavy atom. The maximum absolute atomic E-state index is 5.81. The number of aliphatic imine (C=N–C) groups is 1. The Morgan fingerprint density at radius 2 is 1.87 bits per heavy atom. The number of hydrogen-bond donors (Lipinski definition) is 2. The molecule has 0 saturated heterocycles. The van der Waals surface area contributed by atoms with Crippen LogP contribution in [0.4, 0.5) is 0 Å². The minimum absolute atomic E-state index is 0.420. The predicted octanol–water partition coefficient (Wildman–Crippen LogP) is 3.25. The summed E-state index contributed by atoms with van der Waals surface area (Å²) in [5.74, 6) is 1.25. The Labute approximate surface area is 137 Å². The van der Waals surface area contributed by atoms with Crippen LogP contribution in [-0.4, -0.2) is 12.5 Å². The van der Waals surface area contributed by atoms with Crippen molar-refractivity contribution >= 4 is 5.96 Å². The van der Waals surface area contributed by atoms with Gasteiger partial charge in [-0.05, 0) is 30.2 Å². The molecule has 0 aliphatic heterocycles. The molecule has 0 unspecified atom stereocenters. The first-order valence-corrected chi connectivity index (χ1v) is 7.57. The zero-order valence-corrected chi connectivity index (χ0v) is 13.5. The lowest BCUT2D eigenvalue weighted by Crippen LogP contribution is -2.32. The fourth-order valence-corrected chi connectivity index (χ4v) is 1.95. The highest BCUT2D eigenvalue weighted by Gasteiger charge is 1.99. The number of hydrogen-bond acceptors (Lipinski definition) is 2. The summed E-state index contributed by atoms with van der Waals surface area (Å²) < 4.78 is 5.81. The van der Waals surface area contributed by atoms with E-state index in [2.05, 4.69) is 16.9 Å². The van der Waals surface area contributed by atoms with Gasteiger partial charge in [0, 0.05) is 6.54 Å². The predicted molar refractivity (Wildman–Crippen MR) is 95.4 cm³/mol. The van der Waals surface area contributed by atoms with Gasteiger partial charge in [0.2, 0.25) is 0 Å². The number of nitrogens with one attached hydrogen (secondary N) is 1. The molecule has 0 aliphatic rings. The first-order valence-electron chi connectivity index (χ1n) is 7.57. The van der Waals surface area contributed by atoms with Crippen LogP contribution in [0.1, 0.15) is 18.1 Å². The molecule has 0 saturated carbocycles. The van der Waals surface area contributed by atoms with Gasteiger partial charge in [0.05, 0.1) is 6.54 Å². The smallest absolute Gasteiger partial charge is 0.189 e. The normalized spacial score (nSPS) is 11.1. The van der Waals surface area contributed by atoms with Crippen LogP contribution in [0, 0.1) is 0 Å². The average molecular weight is 309 g/mol. The number of nitrogens with zero attached hydrogens (tertiary/aromatic N) is 1. The molecule has 0 atom stereocenters. The van der Waals surface area contributed by atoms with Crippen LogP contribution in [-0.2, 0) is 13.2 Å². The molecule has 3 N–H and O–H groups in total. The third kappa shape index (κ3) is 6.26. The molecule has 0 spiro atoms. The van der Waals surface area contributed by atoms with Crippen molar-refractivity contribution in [2.24, 2.45) is 10.7 Å². The van der Waals surface area contributed by atoms with E-state index in [4.69, 9.17) is 10.5 Å². The van der Waals surface area contributed by atoms with Gasteiger partial charge in [-0.2, -0.15) is 0 Å². The van der Waals surface area contributed by atoms with E-state index in [0.29, 0.717) is 25.7 Å². The molecule has 0 bridgehead atoms. The van der Waals surface area contributed by atoms with Crippen LogP contribution in [0.5, 0.6) is 5.75 Å². The summed E-state index contributed by atoms with van der Waals surface area (Å²) in [6, 6.07) is 18.0. The zero-order valence-electron chi connectivity index (χ0n) is 13.5. The molecule has 0 aliphatic carbocycles. The van der Waals surface area contributed by atoms with Crippen molar-refractivity contribution in [3.8, 4) is 5.75 Å². The number of rotatable bonds is 7. The van der Waals surface area contributed by atoms with Crippen LogP contribution in [0.15, 0.2) is 71.7 Å². The van der Waals surface area contributed by atoms with E-state index in [1.807, 2.05) is 61.5 Å². The minimum atomic E-state index is 0.420. The number of nitrogens with two attached hydrogens (primary N) is 1. The van der Waals surface area contributed by atoms with Gasteiger partial charge in [-0.3, -0.25) is 0 Å².